The van der Waals surface area contributed by atoms with E-state index in [1.807, 2.05) is 0 Å². The predicted molar refractivity (Wildman–Crippen MR) is 102 cm³/mol. The minimum atomic E-state index is -3.29. The summed E-state index contributed by atoms with van der Waals surface area (Å²) in [5, 5.41) is 0.407. The number of pyridine rings is 2. The van der Waals surface area contributed by atoms with Gasteiger partial charge in [-0.1, -0.05) is 0 Å². The van der Waals surface area contributed by atoms with Gasteiger partial charge in [-0.25, -0.2) is 0 Å². The molecule has 1 aromatic carbocycles. The standard InChI is InChI=1S/C20H14N2O4S/c1-27(24,25)15-4-2-14(3-5-15)19-20-16(8-11-22-19)17(23)12-18(26-20)13-6-9-21-10-7-13/h2-12H,1H3. The maximum Gasteiger partial charge on any atom is 0.193 e. The minimum absolute atomic E-state index is 0.181. The van der Waals surface area contributed by atoms with E-state index < -0.39 is 10.2 Å². The first-order chi connectivity index (χ1) is 12.9. The van der Waals surface area contributed by atoms with Crippen molar-refractivity contribution in [1.29, 1.82) is 0 Å². The van der Waals surface area contributed by atoms with E-state index in [0.29, 0.717) is 28.0 Å². The molecule has 7 heteroatoms. The zero-order valence-corrected chi connectivity index (χ0v) is 15.1. The Morgan fingerprint density at radius 1 is 0.963 bits per heavy atom. The summed E-state index contributed by atoms with van der Waals surface area (Å²) in [7, 11) is -3.29. The van der Waals surface area contributed by atoms with Crippen molar-refractivity contribution in [3.63, 3.8) is 0 Å². The normalized spacial score (nSPS) is 13.4. The summed E-state index contributed by atoms with van der Waals surface area (Å²) in [5.74, 6) is 0.414. The third-order valence-electron chi connectivity index (χ3n) is 4.16. The molecule has 0 bridgehead atoms. The molecule has 1 unspecified atom stereocenters. The molecule has 0 aliphatic rings. The molecule has 0 aliphatic heterocycles. The molecule has 0 amide bonds. The molecule has 0 spiro atoms. The molecule has 27 heavy (non-hydrogen) atoms. The topological polar surface area (TPSA) is 96.1 Å². The maximum absolute atomic E-state index is 12.6. The van der Waals surface area contributed by atoms with Crippen molar-refractivity contribution in [3.05, 3.63) is 77.3 Å². The van der Waals surface area contributed by atoms with Gasteiger partial charge in [-0.3, -0.25) is 14.8 Å². The Morgan fingerprint density at radius 3 is 2.33 bits per heavy atom. The summed E-state index contributed by atoms with van der Waals surface area (Å²) in [6.45, 7) is 0. The average Bonchev–Trinajstić information content (AvgIpc) is 2.68. The first-order valence-electron chi connectivity index (χ1n) is 8.07. The lowest BCUT2D eigenvalue weighted by molar-refractivity contribution is 0.484. The van der Waals surface area contributed by atoms with Crippen LogP contribution in [-0.2, 0) is 14.4 Å². The number of benzene rings is 1. The monoisotopic (exact) mass is 378 g/mol. The zero-order valence-electron chi connectivity index (χ0n) is 14.3. The molecular formula is C20H14N2O4S. The fourth-order valence-electron chi connectivity index (χ4n) is 2.81. The second-order valence-corrected chi connectivity index (χ2v) is 8.06. The van der Waals surface area contributed by atoms with Crippen molar-refractivity contribution >= 4 is 21.2 Å². The van der Waals surface area contributed by atoms with E-state index in [1.54, 1.807) is 42.7 Å². The van der Waals surface area contributed by atoms with Crippen LogP contribution >= 0.6 is 0 Å². The van der Waals surface area contributed by atoms with Gasteiger partial charge in [0.25, 0.3) is 0 Å². The fraction of sp³-hybridized carbons (Fsp3) is 0.0500. The van der Waals surface area contributed by atoms with Gasteiger partial charge < -0.3 is 8.97 Å². The summed E-state index contributed by atoms with van der Waals surface area (Å²) in [4.78, 5) is 21.1. The van der Waals surface area contributed by atoms with Gasteiger partial charge in [0.15, 0.2) is 15.9 Å². The van der Waals surface area contributed by atoms with Crippen LogP contribution in [0.25, 0.3) is 33.6 Å². The Kier molecular flexibility index (Phi) is 4.18. The molecule has 0 saturated carbocycles. The van der Waals surface area contributed by atoms with Crippen molar-refractivity contribution in [2.45, 2.75) is 4.90 Å². The van der Waals surface area contributed by atoms with Crippen LogP contribution in [-0.4, -0.2) is 20.8 Å². The summed E-state index contributed by atoms with van der Waals surface area (Å²) < 4.78 is 29.3. The van der Waals surface area contributed by atoms with Gasteiger partial charge >= 0.3 is 0 Å². The summed E-state index contributed by atoms with van der Waals surface area (Å²) in [5.41, 5.74) is 2.03. The van der Waals surface area contributed by atoms with Gasteiger partial charge in [0.1, 0.15) is 17.7 Å². The van der Waals surface area contributed by atoms with E-state index in [4.69, 9.17) is 4.42 Å². The minimum Gasteiger partial charge on any atom is -0.610 e. The molecule has 3 heterocycles. The lowest BCUT2D eigenvalue weighted by atomic mass is 10.1. The highest BCUT2D eigenvalue weighted by atomic mass is 32.3. The molecular weight excluding hydrogens is 364 g/mol. The zero-order chi connectivity index (χ0) is 19.0. The Bertz CT molecular complexity index is 1230. The van der Waals surface area contributed by atoms with Gasteiger partial charge in [-0.15, -0.1) is 4.21 Å². The number of fused-ring (bicyclic) bond motifs is 1. The van der Waals surface area contributed by atoms with Crippen molar-refractivity contribution in [2.24, 2.45) is 0 Å². The van der Waals surface area contributed by atoms with E-state index in [0.717, 1.165) is 11.8 Å². The average molecular weight is 378 g/mol. The summed E-state index contributed by atoms with van der Waals surface area (Å²) in [6.07, 6.45) is 5.92. The number of rotatable bonds is 3. The number of nitrogens with zero attached hydrogens (tertiary/aromatic N) is 2. The lowest BCUT2D eigenvalue weighted by Crippen LogP contribution is -2.06. The molecule has 4 aromatic rings. The van der Waals surface area contributed by atoms with Gasteiger partial charge in [0, 0.05) is 35.8 Å². The molecule has 0 fully saturated rings. The van der Waals surface area contributed by atoms with E-state index in [9.17, 15) is 13.6 Å². The first kappa shape index (κ1) is 17.3. The SMILES string of the molecule is C[S+](=O)([O-])c1ccc(-c2nccc3c(=O)cc(-c4ccncc4)oc23)cc1. The fourth-order valence-corrected chi connectivity index (χ4v) is 3.44. The molecule has 6 nitrogen and oxygen atoms in total. The van der Waals surface area contributed by atoms with Crippen LogP contribution in [0, 0.1) is 0 Å². The predicted octanol–water partition coefficient (Wildman–Crippen LogP) is 3.54. The highest BCUT2D eigenvalue weighted by Gasteiger charge is 2.16. The van der Waals surface area contributed by atoms with E-state index >= 15 is 0 Å². The molecule has 134 valence electrons. The van der Waals surface area contributed by atoms with Crippen LogP contribution in [0.4, 0.5) is 0 Å². The number of hydrogen-bond donors (Lipinski definition) is 0. The van der Waals surface area contributed by atoms with Crippen LogP contribution in [0.15, 0.2) is 81.2 Å². The molecule has 0 aliphatic carbocycles. The van der Waals surface area contributed by atoms with E-state index in [1.165, 1.54) is 24.4 Å². The van der Waals surface area contributed by atoms with Crippen LogP contribution in [0.1, 0.15) is 0 Å². The van der Waals surface area contributed by atoms with Gasteiger partial charge in [-0.2, -0.15) is 0 Å². The largest absolute Gasteiger partial charge is 0.610 e. The maximum atomic E-state index is 12.6. The Morgan fingerprint density at radius 2 is 1.67 bits per heavy atom. The third-order valence-corrected chi connectivity index (χ3v) is 5.29. The second-order valence-electron chi connectivity index (χ2n) is 6.04. The highest BCUT2D eigenvalue weighted by Crippen LogP contribution is 2.29. The van der Waals surface area contributed by atoms with Crippen LogP contribution in [0.3, 0.4) is 0 Å². The van der Waals surface area contributed by atoms with Crippen molar-refractivity contribution < 1.29 is 13.2 Å². The van der Waals surface area contributed by atoms with Crippen molar-refractivity contribution in [3.8, 4) is 22.6 Å². The van der Waals surface area contributed by atoms with Crippen molar-refractivity contribution in [2.75, 3.05) is 6.26 Å². The first-order valence-corrected chi connectivity index (χ1v) is 9.96. The molecule has 0 radical (unpaired) electrons. The van der Waals surface area contributed by atoms with E-state index in [2.05, 4.69) is 9.97 Å². The van der Waals surface area contributed by atoms with E-state index in [-0.39, 0.29) is 10.3 Å². The number of aromatic nitrogens is 2. The Balaban J connectivity index is 1.92. The number of sulfone groups is 1. The van der Waals surface area contributed by atoms with Crippen LogP contribution in [0.5, 0.6) is 0 Å². The molecule has 4 rings (SSSR count). The van der Waals surface area contributed by atoms with Crippen LogP contribution in [0.2, 0.25) is 0 Å². The molecule has 1 atom stereocenters. The highest BCUT2D eigenvalue weighted by molar-refractivity contribution is 7.97. The van der Waals surface area contributed by atoms with Crippen LogP contribution < -0.4 is 5.43 Å². The van der Waals surface area contributed by atoms with Crippen molar-refractivity contribution in [1.82, 2.24) is 9.97 Å². The van der Waals surface area contributed by atoms with Gasteiger partial charge in [-0.05, 0) is 42.5 Å². The summed E-state index contributed by atoms with van der Waals surface area (Å²) in [6, 6.07) is 12.9. The third kappa shape index (κ3) is 3.30. The Hall–Kier alpha value is -3.16. The molecule has 0 saturated heterocycles. The second kappa shape index (κ2) is 6.53. The smallest absolute Gasteiger partial charge is 0.193 e. The Labute approximate surface area is 155 Å². The summed E-state index contributed by atoms with van der Waals surface area (Å²) >= 11 is 0. The number of hydrogen-bond acceptors (Lipinski definition) is 6. The lowest BCUT2D eigenvalue weighted by Gasteiger charge is -2.10. The van der Waals surface area contributed by atoms with Gasteiger partial charge in [0.05, 0.1) is 15.6 Å². The quantitative estimate of drug-likeness (QED) is 0.506. The molecule has 3 aromatic heterocycles. The molecule has 0 N–H and O–H groups in total. The van der Waals surface area contributed by atoms with Gasteiger partial charge in [0.2, 0.25) is 0 Å².